The molecular weight excluding hydrogens is 284 g/mol. The Morgan fingerprint density at radius 1 is 1.48 bits per heavy atom. The smallest absolute Gasteiger partial charge is 0.161 e. The van der Waals surface area contributed by atoms with E-state index in [9.17, 15) is 9.90 Å². The first kappa shape index (κ1) is 15.3. The molecule has 0 saturated heterocycles. The minimum Gasteiger partial charge on any atom is -0.393 e. The Kier molecular flexibility index (Phi) is 4.29. The fraction of sp³-hybridized carbons (Fsp3) is 0.722. The molecule has 3 aliphatic rings. The normalized spacial score (nSPS) is 45.1. The van der Waals surface area contributed by atoms with E-state index in [1.807, 2.05) is 0 Å². The number of halogens is 1. The van der Waals surface area contributed by atoms with Crippen molar-refractivity contribution in [1.82, 2.24) is 0 Å². The second-order valence-electron chi connectivity index (χ2n) is 7.23. The highest BCUT2D eigenvalue weighted by Crippen LogP contribution is 2.51. The number of hydrogen-bond acceptors (Lipinski definition) is 2. The predicted molar refractivity (Wildman–Crippen MR) is 85.3 cm³/mol. The molecule has 0 radical (unpaired) electrons. The maximum Gasteiger partial charge on any atom is 0.161 e. The molecule has 5 atom stereocenters. The molecule has 0 heterocycles. The summed E-state index contributed by atoms with van der Waals surface area (Å²) in [7, 11) is 0. The third-order valence-electron chi connectivity index (χ3n) is 5.83. The van der Waals surface area contributed by atoms with Crippen molar-refractivity contribution in [3.05, 3.63) is 23.8 Å². The van der Waals surface area contributed by atoms with Crippen LogP contribution >= 0.6 is 11.6 Å². The number of fused-ring (bicyclic) bond motifs is 1. The van der Waals surface area contributed by atoms with Crippen molar-refractivity contribution in [2.45, 2.75) is 63.4 Å². The number of aliphatic hydroxyl groups excluding tert-OH is 1. The molecule has 1 N–H and O–H groups in total. The highest BCUT2D eigenvalue weighted by atomic mass is 35.5. The van der Waals surface area contributed by atoms with Gasteiger partial charge in [0.15, 0.2) is 5.78 Å². The van der Waals surface area contributed by atoms with E-state index in [-0.39, 0.29) is 28.6 Å². The third kappa shape index (κ3) is 2.85. The summed E-state index contributed by atoms with van der Waals surface area (Å²) in [6.45, 7) is 2.10. The topological polar surface area (TPSA) is 37.3 Å². The Bertz CT molecular complexity index is 482. The molecule has 0 amide bonds. The van der Waals surface area contributed by atoms with Gasteiger partial charge in [-0.1, -0.05) is 24.6 Å². The van der Waals surface area contributed by atoms with E-state index in [1.165, 1.54) is 5.57 Å². The van der Waals surface area contributed by atoms with Crippen molar-refractivity contribution < 1.29 is 9.90 Å². The molecule has 116 valence electrons. The molecule has 0 aromatic rings. The van der Waals surface area contributed by atoms with Gasteiger partial charge in [0.1, 0.15) is 0 Å². The fourth-order valence-corrected chi connectivity index (χ4v) is 4.76. The van der Waals surface area contributed by atoms with Crippen LogP contribution < -0.4 is 0 Å². The Morgan fingerprint density at radius 3 is 3.05 bits per heavy atom. The summed E-state index contributed by atoms with van der Waals surface area (Å²) in [6.07, 6.45) is 12.7. The van der Waals surface area contributed by atoms with E-state index in [0.717, 1.165) is 44.9 Å². The summed E-state index contributed by atoms with van der Waals surface area (Å²) < 4.78 is 0. The standard InChI is InChI=1S/C18H25ClO2/c1-18-10-9-16(19)14(15(18)7-8-17(18)21)6-5-12-3-2-4-13(20)11-12/h5,7-8,13-16,20H,2-4,6,9-11H2,1H3/b12-5+/t13?,14?,15?,16?,18-/m0/s1. The van der Waals surface area contributed by atoms with Gasteiger partial charge in [0.25, 0.3) is 0 Å². The third-order valence-corrected chi connectivity index (χ3v) is 6.37. The Balaban J connectivity index is 1.72. The summed E-state index contributed by atoms with van der Waals surface area (Å²) >= 11 is 6.58. The van der Waals surface area contributed by atoms with Crippen molar-refractivity contribution in [2.75, 3.05) is 0 Å². The van der Waals surface area contributed by atoms with Crippen molar-refractivity contribution in [3.8, 4) is 0 Å². The highest BCUT2D eigenvalue weighted by Gasteiger charge is 2.50. The predicted octanol–water partition coefficient (Wildman–Crippen LogP) is 4.02. The van der Waals surface area contributed by atoms with E-state index < -0.39 is 0 Å². The SMILES string of the molecule is C[C@]12CCC(Cl)C(C/C=C3\CCCC(O)C3)C1C=CC2=O. The van der Waals surface area contributed by atoms with Crippen LogP contribution in [-0.2, 0) is 4.79 Å². The Morgan fingerprint density at radius 2 is 2.29 bits per heavy atom. The second-order valence-corrected chi connectivity index (χ2v) is 7.79. The second kappa shape index (κ2) is 5.89. The van der Waals surface area contributed by atoms with Gasteiger partial charge in [0.05, 0.1) is 6.10 Å². The molecule has 0 spiro atoms. The lowest BCUT2D eigenvalue weighted by Crippen LogP contribution is -2.42. The zero-order chi connectivity index (χ0) is 15.0. The maximum atomic E-state index is 12.2. The van der Waals surface area contributed by atoms with Gasteiger partial charge in [-0.3, -0.25) is 4.79 Å². The van der Waals surface area contributed by atoms with E-state index in [2.05, 4.69) is 19.1 Å². The molecule has 2 saturated carbocycles. The lowest BCUT2D eigenvalue weighted by atomic mass is 9.62. The molecular formula is C18H25ClO2. The first-order valence-corrected chi connectivity index (χ1v) is 8.67. The maximum absolute atomic E-state index is 12.2. The summed E-state index contributed by atoms with van der Waals surface area (Å²) in [5, 5.41) is 9.93. The summed E-state index contributed by atoms with van der Waals surface area (Å²) in [5.74, 6) is 0.910. The van der Waals surface area contributed by atoms with Gasteiger partial charge in [-0.05, 0) is 62.9 Å². The number of carbonyl (C=O) groups is 1. The average Bonchev–Trinajstić information content (AvgIpc) is 2.75. The van der Waals surface area contributed by atoms with Gasteiger partial charge >= 0.3 is 0 Å². The molecule has 2 fully saturated rings. The lowest BCUT2D eigenvalue weighted by Gasteiger charge is -2.43. The van der Waals surface area contributed by atoms with Crippen LogP contribution in [0.4, 0.5) is 0 Å². The van der Waals surface area contributed by atoms with Crippen molar-refractivity contribution >= 4 is 17.4 Å². The molecule has 2 nitrogen and oxygen atoms in total. The molecule has 0 bridgehead atoms. The van der Waals surface area contributed by atoms with Gasteiger partial charge in [0.2, 0.25) is 0 Å². The van der Waals surface area contributed by atoms with Gasteiger partial charge in [-0.2, -0.15) is 0 Å². The van der Waals surface area contributed by atoms with Crippen LogP contribution in [0.15, 0.2) is 23.8 Å². The molecule has 3 aliphatic carbocycles. The zero-order valence-electron chi connectivity index (χ0n) is 12.7. The van der Waals surface area contributed by atoms with E-state index in [1.54, 1.807) is 6.08 Å². The van der Waals surface area contributed by atoms with Crippen LogP contribution in [0, 0.1) is 17.3 Å². The van der Waals surface area contributed by atoms with Crippen LogP contribution in [0.25, 0.3) is 0 Å². The van der Waals surface area contributed by atoms with Crippen LogP contribution in [0.3, 0.4) is 0 Å². The highest BCUT2D eigenvalue weighted by molar-refractivity contribution is 6.21. The molecule has 21 heavy (non-hydrogen) atoms. The average molecular weight is 309 g/mol. The summed E-state index contributed by atoms with van der Waals surface area (Å²) in [6, 6.07) is 0. The van der Waals surface area contributed by atoms with Crippen LogP contribution in [0.1, 0.15) is 51.9 Å². The zero-order valence-corrected chi connectivity index (χ0v) is 13.5. The number of allylic oxidation sites excluding steroid dienone is 3. The number of rotatable bonds is 2. The lowest BCUT2D eigenvalue weighted by molar-refractivity contribution is -0.126. The Hall–Kier alpha value is -0.600. The largest absolute Gasteiger partial charge is 0.393 e. The van der Waals surface area contributed by atoms with E-state index in [0.29, 0.717) is 5.92 Å². The number of alkyl halides is 1. The summed E-state index contributed by atoms with van der Waals surface area (Å²) in [4.78, 5) is 12.2. The molecule has 4 unspecified atom stereocenters. The minimum atomic E-state index is -0.222. The van der Waals surface area contributed by atoms with Crippen molar-refractivity contribution in [3.63, 3.8) is 0 Å². The van der Waals surface area contributed by atoms with Crippen molar-refractivity contribution in [1.29, 1.82) is 0 Å². The number of carbonyl (C=O) groups excluding carboxylic acids is 1. The number of aliphatic hydroxyl groups is 1. The first-order valence-electron chi connectivity index (χ1n) is 8.23. The van der Waals surface area contributed by atoms with Crippen LogP contribution in [-0.4, -0.2) is 22.4 Å². The van der Waals surface area contributed by atoms with Gasteiger partial charge in [0, 0.05) is 10.8 Å². The molecule has 0 aromatic heterocycles. The number of hydrogen-bond donors (Lipinski definition) is 1. The first-order chi connectivity index (χ1) is 10.0. The molecule has 3 rings (SSSR count). The fourth-order valence-electron chi connectivity index (χ4n) is 4.39. The molecule has 0 aliphatic heterocycles. The summed E-state index contributed by atoms with van der Waals surface area (Å²) in [5.41, 5.74) is 1.15. The molecule has 3 heteroatoms. The number of ketones is 1. The van der Waals surface area contributed by atoms with Gasteiger partial charge in [-0.25, -0.2) is 0 Å². The van der Waals surface area contributed by atoms with Crippen LogP contribution in [0.5, 0.6) is 0 Å². The van der Waals surface area contributed by atoms with Crippen LogP contribution in [0.2, 0.25) is 0 Å². The monoisotopic (exact) mass is 308 g/mol. The minimum absolute atomic E-state index is 0.156. The van der Waals surface area contributed by atoms with Crippen molar-refractivity contribution in [2.24, 2.45) is 17.3 Å². The van der Waals surface area contributed by atoms with Gasteiger partial charge < -0.3 is 5.11 Å². The molecule has 0 aromatic carbocycles. The van der Waals surface area contributed by atoms with E-state index in [4.69, 9.17) is 11.6 Å². The quantitative estimate of drug-likeness (QED) is 0.618. The van der Waals surface area contributed by atoms with Gasteiger partial charge in [-0.15, -0.1) is 11.6 Å². The van der Waals surface area contributed by atoms with E-state index >= 15 is 0 Å². The Labute approximate surface area is 132 Å².